The maximum atomic E-state index is 4.79. The number of rotatable bonds is 2. The summed E-state index contributed by atoms with van der Waals surface area (Å²) in [7, 11) is 1.72. The average Bonchev–Trinajstić information content (AvgIpc) is 2.57. The molecule has 0 radical (unpaired) electrons. The Kier molecular flexibility index (Phi) is 3.21. The van der Waals surface area contributed by atoms with Crippen molar-refractivity contribution in [3.63, 3.8) is 0 Å². The maximum absolute atomic E-state index is 4.79. The molecule has 0 spiro atoms. The Morgan fingerprint density at radius 3 is 3.25 bits per heavy atom. The van der Waals surface area contributed by atoms with Crippen molar-refractivity contribution >= 4 is 23.5 Å². The molecule has 0 unspecified atom stereocenters. The van der Waals surface area contributed by atoms with Crippen LogP contribution < -0.4 is 10.7 Å². The number of nitrogens with zero attached hydrogens (tertiary/aromatic N) is 2. The van der Waals surface area contributed by atoms with Crippen LogP contribution in [0.15, 0.2) is 17.6 Å². The van der Waals surface area contributed by atoms with E-state index in [1.807, 2.05) is 0 Å². The zero-order chi connectivity index (χ0) is 8.81. The zero-order valence-electron chi connectivity index (χ0n) is 6.53. The molecular weight excluding hydrogens is 174 g/mol. The van der Waals surface area contributed by atoms with Crippen LogP contribution >= 0.6 is 12.2 Å². The van der Waals surface area contributed by atoms with E-state index in [9.17, 15) is 0 Å². The summed E-state index contributed by atoms with van der Waals surface area (Å²) in [6.07, 6.45) is 4.84. The number of nitrogens with one attached hydrogen (secondary N) is 3. The van der Waals surface area contributed by atoms with Gasteiger partial charge in [-0.3, -0.25) is 5.43 Å². The fourth-order valence-electron chi connectivity index (χ4n) is 0.554. The number of hydrogen-bond donors (Lipinski definition) is 3. The lowest BCUT2D eigenvalue weighted by Crippen LogP contribution is -2.28. The number of imidazole rings is 1. The van der Waals surface area contributed by atoms with E-state index in [0.717, 1.165) is 5.69 Å². The van der Waals surface area contributed by atoms with Crippen molar-refractivity contribution in [2.75, 3.05) is 7.05 Å². The molecule has 0 amide bonds. The molecule has 0 aromatic carbocycles. The molecule has 64 valence electrons. The molecule has 5 nitrogen and oxygen atoms in total. The van der Waals surface area contributed by atoms with Crippen LogP contribution in [0.2, 0.25) is 0 Å². The Morgan fingerprint density at radius 1 is 1.83 bits per heavy atom. The van der Waals surface area contributed by atoms with Crippen molar-refractivity contribution in [2.24, 2.45) is 5.10 Å². The topological polar surface area (TPSA) is 65.1 Å². The van der Waals surface area contributed by atoms with E-state index in [0.29, 0.717) is 5.11 Å². The van der Waals surface area contributed by atoms with E-state index in [-0.39, 0.29) is 0 Å². The lowest BCUT2D eigenvalue weighted by atomic mass is 10.5. The molecule has 1 aromatic rings. The summed E-state index contributed by atoms with van der Waals surface area (Å²) >= 11 is 4.79. The fourth-order valence-corrected chi connectivity index (χ4v) is 0.606. The second-order valence-corrected chi connectivity index (χ2v) is 2.36. The van der Waals surface area contributed by atoms with Crippen LogP contribution in [0.5, 0.6) is 0 Å². The molecule has 12 heavy (non-hydrogen) atoms. The lowest BCUT2D eigenvalue weighted by Gasteiger charge is -1.97. The third-order valence-corrected chi connectivity index (χ3v) is 1.41. The minimum atomic E-state index is 0.478. The van der Waals surface area contributed by atoms with Gasteiger partial charge in [-0.1, -0.05) is 0 Å². The second-order valence-electron chi connectivity index (χ2n) is 1.96. The Balaban J connectivity index is 2.37. The van der Waals surface area contributed by atoms with Crippen molar-refractivity contribution in [3.8, 4) is 0 Å². The van der Waals surface area contributed by atoms with Crippen LogP contribution in [-0.2, 0) is 0 Å². The normalized spacial score (nSPS) is 10.1. The molecular formula is C6H9N5S. The Hall–Kier alpha value is -1.43. The molecule has 0 atom stereocenters. The number of thiocarbonyl (C=S) groups is 1. The number of hydrazone groups is 1. The molecule has 1 heterocycles. The molecule has 1 aromatic heterocycles. The Labute approximate surface area is 75.3 Å². The first kappa shape index (κ1) is 8.66. The number of hydrogen-bond acceptors (Lipinski definition) is 3. The SMILES string of the molecule is CNC(=S)N/N=C/c1cnc[nH]1. The van der Waals surface area contributed by atoms with Crippen molar-refractivity contribution < 1.29 is 0 Å². The Bertz CT molecular complexity index is 265. The van der Waals surface area contributed by atoms with Gasteiger partial charge >= 0.3 is 0 Å². The van der Waals surface area contributed by atoms with Crippen LogP contribution in [0, 0.1) is 0 Å². The molecule has 1 rings (SSSR count). The van der Waals surface area contributed by atoms with E-state index in [4.69, 9.17) is 12.2 Å². The van der Waals surface area contributed by atoms with Crippen molar-refractivity contribution in [3.05, 3.63) is 18.2 Å². The van der Waals surface area contributed by atoms with Crippen LogP contribution in [0.3, 0.4) is 0 Å². The predicted molar refractivity (Wildman–Crippen MR) is 51.0 cm³/mol. The molecule has 0 aliphatic rings. The first-order valence-electron chi connectivity index (χ1n) is 3.32. The summed E-state index contributed by atoms with van der Waals surface area (Å²) < 4.78 is 0. The quantitative estimate of drug-likeness (QED) is 0.338. The number of H-pyrrole nitrogens is 1. The van der Waals surface area contributed by atoms with E-state index < -0.39 is 0 Å². The molecule has 0 aliphatic carbocycles. The van der Waals surface area contributed by atoms with Gasteiger partial charge in [0, 0.05) is 7.05 Å². The molecule has 0 saturated carbocycles. The zero-order valence-corrected chi connectivity index (χ0v) is 7.35. The highest BCUT2D eigenvalue weighted by atomic mass is 32.1. The van der Waals surface area contributed by atoms with E-state index in [1.54, 1.807) is 25.8 Å². The van der Waals surface area contributed by atoms with Crippen molar-refractivity contribution in [1.29, 1.82) is 0 Å². The van der Waals surface area contributed by atoms with Crippen LogP contribution in [0.1, 0.15) is 5.69 Å². The van der Waals surface area contributed by atoms with Gasteiger partial charge in [0.2, 0.25) is 0 Å². The highest BCUT2D eigenvalue weighted by Crippen LogP contribution is 1.82. The summed E-state index contributed by atoms with van der Waals surface area (Å²) in [5.74, 6) is 0. The predicted octanol–water partition coefficient (Wildman–Crippen LogP) is -0.163. The van der Waals surface area contributed by atoms with Gasteiger partial charge in [-0.15, -0.1) is 0 Å². The summed E-state index contributed by atoms with van der Waals surface area (Å²) in [6.45, 7) is 0. The van der Waals surface area contributed by atoms with E-state index >= 15 is 0 Å². The van der Waals surface area contributed by atoms with Crippen molar-refractivity contribution in [1.82, 2.24) is 20.7 Å². The van der Waals surface area contributed by atoms with Gasteiger partial charge in [0.25, 0.3) is 0 Å². The first-order chi connectivity index (χ1) is 5.83. The van der Waals surface area contributed by atoms with Gasteiger partial charge in [0.15, 0.2) is 5.11 Å². The monoisotopic (exact) mass is 183 g/mol. The van der Waals surface area contributed by atoms with Gasteiger partial charge in [-0.2, -0.15) is 5.10 Å². The van der Waals surface area contributed by atoms with E-state index in [1.165, 1.54) is 0 Å². The van der Waals surface area contributed by atoms with E-state index in [2.05, 4.69) is 25.8 Å². The lowest BCUT2D eigenvalue weighted by molar-refractivity contribution is 0.981. The molecule has 0 fully saturated rings. The van der Waals surface area contributed by atoms with Crippen LogP contribution in [-0.4, -0.2) is 28.3 Å². The fraction of sp³-hybridized carbons (Fsp3) is 0.167. The maximum Gasteiger partial charge on any atom is 0.186 e. The minimum Gasteiger partial charge on any atom is -0.364 e. The molecule has 3 N–H and O–H groups in total. The molecule has 6 heteroatoms. The Morgan fingerprint density at radius 2 is 2.67 bits per heavy atom. The van der Waals surface area contributed by atoms with Crippen LogP contribution in [0.25, 0.3) is 0 Å². The largest absolute Gasteiger partial charge is 0.364 e. The number of aromatic nitrogens is 2. The molecule has 0 saturated heterocycles. The third-order valence-electron chi connectivity index (χ3n) is 1.12. The highest BCUT2D eigenvalue weighted by molar-refractivity contribution is 7.80. The minimum absolute atomic E-state index is 0.478. The molecule has 0 bridgehead atoms. The van der Waals surface area contributed by atoms with Gasteiger partial charge in [0.05, 0.1) is 24.4 Å². The van der Waals surface area contributed by atoms with Gasteiger partial charge < -0.3 is 10.3 Å². The second kappa shape index (κ2) is 4.45. The first-order valence-corrected chi connectivity index (χ1v) is 3.73. The van der Waals surface area contributed by atoms with Crippen molar-refractivity contribution in [2.45, 2.75) is 0 Å². The summed E-state index contributed by atoms with van der Waals surface area (Å²) in [4.78, 5) is 6.68. The summed E-state index contributed by atoms with van der Waals surface area (Å²) in [6, 6.07) is 0. The van der Waals surface area contributed by atoms with Gasteiger partial charge in [-0.05, 0) is 12.2 Å². The summed E-state index contributed by atoms with van der Waals surface area (Å²) in [5.41, 5.74) is 3.43. The number of aromatic amines is 1. The van der Waals surface area contributed by atoms with Gasteiger partial charge in [0.1, 0.15) is 0 Å². The molecule has 0 aliphatic heterocycles. The summed E-state index contributed by atoms with van der Waals surface area (Å²) in [5, 5.41) is 7.04. The highest BCUT2D eigenvalue weighted by Gasteiger charge is 1.86. The van der Waals surface area contributed by atoms with Gasteiger partial charge in [-0.25, -0.2) is 4.98 Å². The third kappa shape index (κ3) is 2.67. The smallest absolute Gasteiger partial charge is 0.186 e. The average molecular weight is 183 g/mol. The van der Waals surface area contributed by atoms with Crippen LogP contribution in [0.4, 0.5) is 0 Å². The standard InChI is InChI=1S/C6H9N5S/c1-7-6(12)11-10-3-5-2-8-4-9-5/h2-4H,1H3,(H,8,9)(H2,7,11,12)/b10-3+.